The number of nitriles is 3. The first-order valence-corrected chi connectivity index (χ1v) is 8.50. The highest BCUT2D eigenvalue weighted by molar-refractivity contribution is 6.16. The molecule has 1 fully saturated rings. The van der Waals surface area contributed by atoms with Crippen molar-refractivity contribution in [3.63, 3.8) is 0 Å². The Bertz CT molecular complexity index is 988. The molecule has 3 atom stereocenters. The number of hydrogen-bond donors (Lipinski definition) is 2. The second kappa shape index (κ2) is 5.28. The minimum atomic E-state index is -2.01. The van der Waals surface area contributed by atoms with E-state index in [1.807, 2.05) is 18.2 Å². The van der Waals surface area contributed by atoms with E-state index in [1.165, 1.54) is 0 Å². The van der Waals surface area contributed by atoms with Gasteiger partial charge in [0.15, 0.2) is 0 Å². The van der Waals surface area contributed by atoms with Gasteiger partial charge in [-0.1, -0.05) is 24.3 Å². The zero-order valence-corrected chi connectivity index (χ0v) is 13.9. The van der Waals surface area contributed by atoms with Gasteiger partial charge in [-0.25, -0.2) is 0 Å². The van der Waals surface area contributed by atoms with Gasteiger partial charge < -0.3 is 10.7 Å². The van der Waals surface area contributed by atoms with Crippen molar-refractivity contribution in [2.45, 2.75) is 24.7 Å². The van der Waals surface area contributed by atoms with Gasteiger partial charge in [-0.3, -0.25) is 4.79 Å². The molecule has 26 heavy (non-hydrogen) atoms. The van der Waals surface area contributed by atoms with E-state index < -0.39 is 28.6 Å². The molecule has 2 N–H and O–H groups in total. The Morgan fingerprint density at radius 1 is 1.19 bits per heavy atom. The van der Waals surface area contributed by atoms with E-state index in [0.717, 1.165) is 12.8 Å². The summed E-state index contributed by atoms with van der Waals surface area (Å²) in [5.41, 5.74) is -1.95. The van der Waals surface area contributed by atoms with Crippen LogP contribution in [0, 0.1) is 56.7 Å². The Morgan fingerprint density at radius 3 is 2.62 bits per heavy atom. The van der Waals surface area contributed by atoms with E-state index in [1.54, 1.807) is 24.3 Å². The lowest BCUT2D eigenvalue weighted by Gasteiger charge is -2.51. The van der Waals surface area contributed by atoms with Crippen molar-refractivity contribution in [1.29, 1.82) is 21.2 Å². The molecule has 6 nitrogen and oxygen atoms in total. The predicted molar refractivity (Wildman–Crippen MR) is 92.7 cm³/mol. The first-order chi connectivity index (χ1) is 12.6. The lowest BCUT2D eigenvalue weighted by Crippen LogP contribution is -2.63. The summed E-state index contributed by atoms with van der Waals surface area (Å²) < 4.78 is 0. The van der Waals surface area contributed by atoms with E-state index in [0.29, 0.717) is 23.2 Å². The Hall–Kier alpha value is -3.43. The lowest BCUT2D eigenvalue weighted by atomic mass is 9.45. The number of carbonyl (C=O) groups is 1. The van der Waals surface area contributed by atoms with Crippen LogP contribution in [0.5, 0.6) is 0 Å². The fourth-order valence-corrected chi connectivity index (χ4v) is 5.00. The summed E-state index contributed by atoms with van der Waals surface area (Å²) in [6, 6.07) is 13.1. The van der Waals surface area contributed by atoms with E-state index >= 15 is 0 Å². The van der Waals surface area contributed by atoms with Gasteiger partial charge in [0.25, 0.3) is 0 Å². The number of nitrogens with one attached hydrogen (secondary N) is 2. The van der Waals surface area contributed by atoms with Crippen LogP contribution in [0.1, 0.15) is 24.8 Å². The van der Waals surface area contributed by atoms with Crippen LogP contribution >= 0.6 is 0 Å². The summed E-state index contributed by atoms with van der Waals surface area (Å²) in [5, 5.41) is 41.2. The van der Waals surface area contributed by atoms with E-state index in [2.05, 4.69) is 11.4 Å². The average molecular weight is 341 g/mol. The van der Waals surface area contributed by atoms with Crippen LogP contribution in [-0.2, 0) is 10.2 Å². The number of nitrogens with zero attached hydrogens (tertiary/aromatic N) is 3. The van der Waals surface area contributed by atoms with Crippen molar-refractivity contribution < 1.29 is 4.79 Å². The largest absolute Gasteiger partial charge is 0.325 e. The summed E-state index contributed by atoms with van der Waals surface area (Å²) in [7, 11) is 0. The monoisotopic (exact) mass is 341 g/mol. The topological polar surface area (TPSA) is 124 Å². The highest BCUT2D eigenvalue weighted by Crippen LogP contribution is 2.62. The van der Waals surface area contributed by atoms with Gasteiger partial charge in [0.05, 0.1) is 23.9 Å². The number of benzene rings is 1. The summed E-state index contributed by atoms with van der Waals surface area (Å²) in [6.45, 7) is 0. The SMILES string of the molecule is N#C[C@@H]1C(=N)C(C#N)(C#N)[C@]2(C(=O)Nc3ccccc32)[C@@H]2CCCC=C12. The summed E-state index contributed by atoms with van der Waals surface area (Å²) in [6.07, 6.45) is 4.10. The van der Waals surface area contributed by atoms with Crippen LogP contribution in [0.2, 0.25) is 0 Å². The maximum atomic E-state index is 13.3. The number of para-hydroxylation sites is 1. The fourth-order valence-electron chi connectivity index (χ4n) is 5.00. The van der Waals surface area contributed by atoms with Crippen molar-refractivity contribution >= 4 is 17.3 Å². The third-order valence-corrected chi connectivity index (χ3v) is 6.04. The molecule has 1 heterocycles. The van der Waals surface area contributed by atoms with Gasteiger partial charge in [0.1, 0.15) is 11.3 Å². The molecule has 1 aromatic rings. The van der Waals surface area contributed by atoms with Gasteiger partial charge in [-0.2, -0.15) is 15.8 Å². The molecule has 2 aliphatic carbocycles. The van der Waals surface area contributed by atoms with Crippen molar-refractivity contribution in [3.05, 3.63) is 41.5 Å². The molecule has 0 unspecified atom stereocenters. The van der Waals surface area contributed by atoms with Gasteiger partial charge in [-0.15, -0.1) is 0 Å². The van der Waals surface area contributed by atoms with Gasteiger partial charge in [-0.05, 0) is 36.5 Å². The summed E-state index contributed by atoms with van der Waals surface area (Å²) in [4.78, 5) is 13.3. The molecule has 0 saturated heterocycles. The van der Waals surface area contributed by atoms with Crippen molar-refractivity contribution in [2.75, 3.05) is 5.32 Å². The standard InChI is InChI=1S/C20H15N5O/c21-9-13-12-5-1-2-6-14(12)20(19(10-22,11-23)17(13)24)15-7-3-4-8-16(15)25-18(20)26/h3-5,7-8,13-14,24H,1-2,6H2,(H,25,26)/t13-,14+,20+/m0/s1. The Balaban J connectivity index is 2.14. The van der Waals surface area contributed by atoms with Gasteiger partial charge >= 0.3 is 0 Å². The molecule has 0 bridgehead atoms. The Kier molecular flexibility index (Phi) is 3.26. The number of amides is 1. The number of hydrogen-bond acceptors (Lipinski definition) is 5. The molecule has 126 valence electrons. The van der Waals surface area contributed by atoms with E-state index in [9.17, 15) is 20.6 Å². The second-order valence-corrected chi connectivity index (χ2v) is 6.94. The average Bonchev–Trinajstić information content (AvgIpc) is 2.97. The van der Waals surface area contributed by atoms with Gasteiger partial charge in [0, 0.05) is 11.6 Å². The Labute approximate surface area is 150 Å². The molecule has 3 aliphatic rings. The number of carbonyl (C=O) groups excluding carboxylic acids is 1. The van der Waals surface area contributed by atoms with Crippen LogP contribution in [0.3, 0.4) is 0 Å². The minimum absolute atomic E-state index is 0.291. The Morgan fingerprint density at radius 2 is 1.92 bits per heavy atom. The minimum Gasteiger partial charge on any atom is -0.325 e. The summed E-state index contributed by atoms with van der Waals surface area (Å²) in [5.74, 6) is -1.82. The van der Waals surface area contributed by atoms with Crippen LogP contribution < -0.4 is 5.32 Å². The van der Waals surface area contributed by atoms with E-state index in [4.69, 9.17) is 5.41 Å². The van der Waals surface area contributed by atoms with Crippen molar-refractivity contribution in [1.82, 2.24) is 0 Å². The summed E-state index contributed by atoms with van der Waals surface area (Å²) >= 11 is 0. The first-order valence-electron chi connectivity index (χ1n) is 8.50. The predicted octanol–water partition coefficient (Wildman–Crippen LogP) is 2.81. The second-order valence-electron chi connectivity index (χ2n) is 6.94. The molecule has 1 aliphatic heterocycles. The number of fused-ring (bicyclic) bond motifs is 4. The molecular formula is C20H15N5O. The van der Waals surface area contributed by atoms with Crippen molar-refractivity contribution in [3.8, 4) is 18.2 Å². The number of allylic oxidation sites excluding steroid dienone is 2. The smallest absolute Gasteiger partial charge is 0.238 e. The normalized spacial score (nSPS) is 30.9. The van der Waals surface area contributed by atoms with Crippen LogP contribution in [0.4, 0.5) is 5.69 Å². The third-order valence-electron chi connectivity index (χ3n) is 6.04. The van der Waals surface area contributed by atoms with Crippen LogP contribution in [0.25, 0.3) is 0 Å². The maximum Gasteiger partial charge on any atom is 0.238 e. The molecule has 0 aromatic heterocycles. The van der Waals surface area contributed by atoms with Crippen molar-refractivity contribution in [2.24, 2.45) is 17.3 Å². The number of anilines is 1. The zero-order chi connectivity index (χ0) is 18.5. The molecule has 6 heteroatoms. The highest BCUT2D eigenvalue weighted by Gasteiger charge is 2.72. The number of rotatable bonds is 0. The molecule has 1 spiro atoms. The molecule has 0 radical (unpaired) electrons. The highest BCUT2D eigenvalue weighted by atomic mass is 16.2. The molecule has 1 amide bonds. The zero-order valence-electron chi connectivity index (χ0n) is 13.9. The quantitative estimate of drug-likeness (QED) is 0.704. The lowest BCUT2D eigenvalue weighted by molar-refractivity contribution is -0.124. The van der Waals surface area contributed by atoms with Crippen LogP contribution in [-0.4, -0.2) is 11.6 Å². The van der Waals surface area contributed by atoms with Gasteiger partial charge in [0.2, 0.25) is 11.3 Å². The third kappa shape index (κ3) is 1.54. The molecule has 1 aromatic carbocycles. The molecule has 4 rings (SSSR count). The first kappa shape index (κ1) is 16.1. The molecule has 1 saturated carbocycles. The molecular weight excluding hydrogens is 326 g/mol. The maximum absolute atomic E-state index is 13.3. The fraction of sp³-hybridized carbons (Fsp3) is 0.350. The van der Waals surface area contributed by atoms with Crippen LogP contribution in [0.15, 0.2) is 35.9 Å². The van der Waals surface area contributed by atoms with E-state index in [-0.39, 0.29) is 5.71 Å².